The van der Waals surface area contributed by atoms with Gasteiger partial charge in [0.15, 0.2) is 69.0 Å². The summed E-state index contributed by atoms with van der Waals surface area (Å²) in [4.78, 5) is 36.8. The van der Waals surface area contributed by atoms with Gasteiger partial charge in [0.05, 0.1) is 83.5 Å². The number of nitriles is 1. The molecule has 8 aliphatic rings. The summed E-state index contributed by atoms with van der Waals surface area (Å²) in [7, 11) is 15.5. The van der Waals surface area contributed by atoms with Crippen molar-refractivity contribution < 1.29 is 60.7 Å². The molecule has 0 bridgehead atoms. The molecule has 0 unspecified atom stereocenters. The van der Waals surface area contributed by atoms with E-state index in [4.69, 9.17) is 75.5 Å². The van der Waals surface area contributed by atoms with Crippen LogP contribution in [0.1, 0.15) is 152 Å². The molecule has 0 saturated carbocycles. The zero-order chi connectivity index (χ0) is 99.6. The van der Waals surface area contributed by atoms with Gasteiger partial charge in [-0.05, 0) is 371 Å². The highest BCUT2D eigenvalue weighted by Crippen LogP contribution is 2.45. The van der Waals surface area contributed by atoms with Crippen molar-refractivity contribution in [2.24, 2.45) is 5.92 Å². The van der Waals surface area contributed by atoms with Gasteiger partial charge in [0.1, 0.15) is 52.7 Å². The minimum atomic E-state index is -0.138. The lowest BCUT2D eigenvalue weighted by Gasteiger charge is -2.30. The lowest BCUT2D eigenvalue weighted by atomic mass is 9.99. The molecule has 0 spiro atoms. The zero-order valence-electron chi connectivity index (χ0n) is 86.5. The first kappa shape index (κ1) is 104. The molecule has 8 aromatic heterocycles. The molecule has 8 saturated heterocycles. The minimum Gasteiger partial charge on any atom is -0.493 e. The van der Waals surface area contributed by atoms with Gasteiger partial charge in [0.25, 0.3) is 0 Å². The van der Waals surface area contributed by atoms with Crippen LogP contribution in [0.15, 0.2) is 139 Å². The zero-order valence-corrected chi connectivity index (χ0v) is 86.5. The molecule has 8 fully saturated rings. The van der Waals surface area contributed by atoms with Crippen LogP contribution < -0.4 is 69.8 Å². The normalized spacial score (nSPS) is 17.7. The predicted octanol–water partition coefficient (Wildman–Crippen LogP) is 18.8. The molecule has 20 rings (SSSR count). The summed E-state index contributed by atoms with van der Waals surface area (Å²) in [6.07, 6.45) is 21.8. The van der Waals surface area contributed by atoms with Crippen molar-refractivity contribution in [3.8, 4) is 97.9 Å². The van der Waals surface area contributed by atoms with Crippen LogP contribution in [0.2, 0.25) is 0 Å². The molecule has 0 radical (unpaired) electrons. The molecule has 0 aliphatic carbocycles. The standard InChI is InChI=1S/C30H43N5O3.C28H35N5O3.C28H38N4O4.C27H36N4O3/c1-4-31-21-23-8-9-28(38-23)27-19-25(32-22-10-15-34(2)16-11-22)24-18-29(36-3)30(20-26(24)33-27)37-17-7-14-35-12-5-6-13-35;1-32-13-8-20(9-14-32)30-23-17-25(26-7-6-21(19-29)36-26)31-24-18-28(27(34-2)16-22(23)24)35-15-5-12-33-10-3-4-11-33;1-31-13-8-20(9-14-31)29-23-17-25(26-7-6-21(19-33)36-26)30-24-18-28(27(34-2)16-22(23)24)35-15-5-12-32-10-3-4-11-32;1-18-4-5-25(34-18)24-15-22(29-20-8-12-31(2)13-9-20)21-14-26(32-3)27(16-23(21)30-24)33-17-19-6-10-28-11-7-19/h8-9,18-20,22,31H,4-7,10-17,21H2,1-3H3,(H,32,33);6-7,16-18,20H,3-5,8-15H2,1-2H3,(H,30,31);6-7,16-18,20,33H,3-5,8-15,19H2,1-2H3,(H,29,30);4-5,14-16,19-20,28H,6-13,17H2,1-3H3,(H,29,30). The Bertz CT molecular complexity index is 6140. The highest BCUT2D eigenvalue weighted by atomic mass is 16.5. The number of hydrogen-bond donors (Lipinski definition) is 7. The molecule has 7 N–H and O–H groups in total. The van der Waals surface area contributed by atoms with Crippen LogP contribution in [-0.2, 0) is 13.2 Å². The quantitative estimate of drug-likeness (QED) is 0.0177. The van der Waals surface area contributed by atoms with Crippen LogP contribution in [0.3, 0.4) is 0 Å². The van der Waals surface area contributed by atoms with E-state index in [-0.39, 0.29) is 12.4 Å². The Kier molecular flexibility index (Phi) is 37.0. The smallest absolute Gasteiger partial charge is 0.204 e. The first-order valence-electron chi connectivity index (χ1n) is 52.8. The largest absolute Gasteiger partial charge is 0.493 e. The van der Waals surface area contributed by atoms with Gasteiger partial charge in [-0.3, -0.25) is 0 Å². The molecule has 144 heavy (non-hydrogen) atoms. The van der Waals surface area contributed by atoms with Gasteiger partial charge in [0, 0.05) is 112 Å². The number of aromatic nitrogens is 4. The number of furan rings is 4. The lowest BCUT2D eigenvalue weighted by Crippen LogP contribution is -2.36. The number of methoxy groups -OCH3 is 4. The third kappa shape index (κ3) is 27.9. The Labute approximate surface area is 849 Å². The maximum absolute atomic E-state index is 9.46. The molecule has 4 aromatic carbocycles. The number of aliphatic hydroxyl groups is 1. The second-order valence-corrected chi connectivity index (χ2v) is 40.1. The molecule has 31 nitrogen and oxygen atoms in total. The van der Waals surface area contributed by atoms with E-state index in [1.807, 2.05) is 85.8 Å². The van der Waals surface area contributed by atoms with Gasteiger partial charge < -0.3 is 127 Å². The number of anilines is 4. The highest BCUT2D eigenvalue weighted by Gasteiger charge is 2.29. The molecule has 8 aliphatic heterocycles. The number of ether oxygens (including phenoxy) is 8. The maximum Gasteiger partial charge on any atom is 0.204 e. The average Bonchev–Trinajstić information content (AvgIpc) is 1.000. The molecule has 0 amide bonds. The molecular weight excluding hydrogens is 1820 g/mol. The summed E-state index contributed by atoms with van der Waals surface area (Å²) in [6.45, 7) is 29.3. The monoisotopic (exact) mass is 1970 g/mol. The maximum atomic E-state index is 9.46. The summed E-state index contributed by atoms with van der Waals surface area (Å²) in [5.41, 5.74) is 10.5. The number of benzene rings is 4. The predicted molar refractivity (Wildman–Crippen MR) is 572 cm³/mol. The van der Waals surface area contributed by atoms with Gasteiger partial charge in [-0.15, -0.1) is 0 Å². The molecule has 16 heterocycles. The van der Waals surface area contributed by atoms with Crippen LogP contribution in [0.5, 0.6) is 46.0 Å². The number of nitrogens with one attached hydrogen (secondary N) is 6. The number of hydrogen-bond acceptors (Lipinski definition) is 31. The van der Waals surface area contributed by atoms with Gasteiger partial charge in [-0.25, -0.2) is 19.9 Å². The summed E-state index contributed by atoms with van der Waals surface area (Å²) in [5, 5.41) is 44.6. The van der Waals surface area contributed by atoms with Gasteiger partial charge >= 0.3 is 0 Å². The minimum absolute atomic E-state index is 0.138. The van der Waals surface area contributed by atoms with E-state index in [2.05, 4.69) is 132 Å². The van der Waals surface area contributed by atoms with Crippen molar-refractivity contribution in [1.82, 2.24) is 64.9 Å². The molecule has 31 heteroatoms. The van der Waals surface area contributed by atoms with E-state index < -0.39 is 0 Å². The number of pyridine rings is 4. The molecule has 12 aromatic rings. The van der Waals surface area contributed by atoms with Crippen LogP contribution in [0.4, 0.5) is 22.7 Å². The molecule has 772 valence electrons. The van der Waals surface area contributed by atoms with Gasteiger partial charge in [0.2, 0.25) is 5.76 Å². The summed E-state index contributed by atoms with van der Waals surface area (Å²) in [5.74, 6) is 11.7. The van der Waals surface area contributed by atoms with E-state index in [1.54, 1.807) is 46.6 Å². The third-order valence-electron chi connectivity index (χ3n) is 29.3. The van der Waals surface area contributed by atoms with Crippen molar-refractivity contribution in [3.05, 3.63) is 144 Å². The third-order valence-corrected chi connectivity index (χ3v) is 29.3. The number of fused-ring (bicyclic) bond motifs is 4. The van der Waals surface area contributed by atoms with Crippen LogP contribution >= 0.6 is 0 Å². The number of likely N-dealkylation sites (tertiary alicyclic amines) is 7. The van der Waals surface area contributed by atoms with Crippen molar-refractivity contribution >= 4 is 66.4 Å². The number of piperidine rings is 5. The van der Waals surface area contributed by atoms with Crippen molar-refractivity contribution in [2.75, 3.05) is 235 Å². The fraction of sp³-hybridized carbons (Fsp3) is 0.531. The number of aryl methyl sites for hydroxylation is 1. The highest BCUT2D eigenvalue weighted by molar-refractivity contribution is 5.99. The Balaban J connectivity index is 0.000000132. The van der Waals surface area contributed by atoms with Crippen molar-refractivity contribution in [3.63, 3.8) is 0 Å². The average molecular weight is 1970 g/mol. The van der Waals surface area contributed by atoms with Crippen molar-refractivity contribution in [2.45, 2.75) is 173 Å². The van der Waals surface area contributed by atoms with Crippen molar-refractivity contribution in [1.29, 1.82) is 5.26 Å². The van der Waals surface area contributed by atoms with Crippen LogP contribution in [-0.4, -0.2) is 297 Å². The number of aliphatic hydroxyl groups excluding tert-OH is 1. The second kappa shape index (κ2) is 51.4. The number of rotatable bonds is 38. The Morgan fingerprint density at radius 1 is 0.382 bits per heavy atom. The summed E-state index contributed by atoms with van der Waals surface area (Å²) < 4.78 is 71.5. The lowest BCUT2D eigenvalue weighted by molar-refractivity contribution is 0.208. The fourth-order valence-electron chi connectivity index (χ4n) is 20.8. The van der Waals surface area contributed by atoms with E-state index >= 15 is 0 Å². The van der Waals surface area contributed by atoms with E-state index in [0.29, 0.717) is 109 Å². The van der Waals surface area contributed by atoms with Gasteiger partial charge in [-0.2, -0.15) is 5.26 Å². The summed E-state index contributed by atoms with van der Waals surface area (Å²) in [6, 6.07) is 43.2. The fourth-order valence-corrected chi connectivity index (χ4v) is 20.8. The van der Waals surface area contributed by atoms with Crippen LogP contribution in [0, 0.1) is 24.2 Å². The SMILES string of the molecule is CCNCc1ccc(-c2cc(NC3CCN(C)CC3)c3cc(OC)c(OCCCN4CCCC4)cc3n2)o1.COc1cc2c(NC3CCN(C)CC3)cc(-c3ccc(C#N)o3)nc2cc1OCCCN1CCCC1.COc1cc2c(NC3CCN(C)CC3)cc(-c3ccc(C)o3)nc2cc1OCC1CCNCC1.COc1cc2c(NC3CCN(C)CC3)cc(-c3ccc(CO)o3)nc2cc1OCCCN1CCCC1. The van der Waals surface area contributed by atoms with Crippen LogP contribution in [0.25, 0.3) is 89.4 Å². The Hall–Kier alpha value is -11.7. The second-order valence-electron chi connectivity index (χ2n) is 40.1. The molecule has 0 atom stereocenters. The van der Waals surface area contributed by atoms with Gasteiger partial charge in [-0.1, -0.05) is 6.92 Å². The van der Waals surface area contributed by atoms with E-state index in [0.717, 1.165) is 305 Å². The summed E-state index contributed by atoms with van der Waals surface area (Å²) >= 11 is 0. The topological polar surface area (TPSA) is 317 Å². The number of nitrogens with zero attached hydrogens (tertiary/aromatic N) is 12. The Morgan fingerprint density at radius 2 is 0.701 bits per heavy atom. The Morgan fingerprint density at radius 3 is 1.01 bits per heavy atom. The first-order chi connectivity index (χ1) is 70.5. The molecular formula is C113H152N18O13. The first-order valence-corrected chi connectivity index (χ1v) is 52.8. The van der Waals surface area contributed by atoms with E-state index in [1.165, 1.54) is 77.8 Å². The van der Waals surface area contributed by atoms with E-state index in [9.17, 15) is 10.4 Å².